The maximum absolute atomic E-state index is 13.1. The molecule has 0 bridgehead atoms. The van der Waals surface area contributed by atoms with Gasteiger partial charge in [-0.1, -0.05) is 11.6 Å². The van der Waals surface area contributed by atoms with Crippen LogP contribution in [0.2, 0.25) is 5.02 Å². The minimum absolute atomic E-state index is 0.134. The molecule has 0 atom stereocenters. The Labute approximate surface area is 120 Å². The Balaban J connectivity index is 1.85. The van der Waals surface area contributed by atoms with E-state index < -0.39 is 5.82 Å². The van der Waals surface area contributed by atoms with Crippen molar-refractivity contribution in [2.24, 2.45) is 0 Å². The minimum atomic E-state index is -0.400. The van der Waals surface area contributed by atoms with Gasteiger partial charge in [0, 0.05) is 37.1 Å². The number of nitrogens with zero attached hydrogens (tertiary/aromatic N) is 2. The lowest BCUT2D eigenvalue weighted by Crippen LogP contribution is -2.43. The Morgan fingerprint density at radius 3 is 2.84 bits per heavy atom. The van der Waals surface area contributed by atoms with E-state index >= 15 is 0 Å². The van der Waals surface area contributed by atoms with Gasteiger partial charge in [0.2, 0.25) is 0 Å². The van der Waals surface area contributed by atoms with Gasteiger partial charge in [0.05, 0.1) is 10.7 Å². The summed E-state index contributed by atoms with van der Waals surface area (Å²) in [6.45, 7) is 3.91. The van der Waals surface area contributed by atoms with Crippen LogP contribution < -0.4 is 10.2 Å². The Bertz CT molecular complexity index is 581. The van der Waals surface area contributed by atoms with E-state index in [1.165, 1.54) is 6.07 Å². The number of rotatable bonds is 2. The predicted molar refractivity (Wildman–Crippen MR) is 77.6 cm³/mol. The first-order valence-corrected chi connectivity index (χ1v) is 7.36. The van der Waals surface area contributed by atoms with Gasteiger partial charge in [0.15, 0.2) is 5.13 Å². The van der Waals surface area contributed by atoms with Gasteiger partial charge in [-0.15, -0.1) is 11.3 Å². The Hall–Kier alpha value is -1.17. The minimum Gasteiger partial charge on any atom is -0.346 e. The Morgan fingerprint density at radius 2 is 2.11 bits per heavy atom. The van der Waals surface area contributed by atoms with E-state index in [0.29, 0.717) is 0 Å². The zero-order valence-corrected chi connectivity index (χ0v) is 11.8. The van der Waals surface area contributed by atoms with Crippen LogP contribution >= 0.6 is 22.9 Å². The van der Waals surface area contributed by atoms with Gasteiger partial charge in [0.1, 0.15) is 5.82 Å². The van der Waals surface area contributed by atoms with Crippen LogP contribution in [0.25, 0.3) is 11.3 Å². The van der Waals surface area contributed by atoms with Gasteiger partial charge in [-0.2, -0.15) is 0 Å². The molecule has 1 aliphatic heterocycles. The number of anilines is 1. The van der Waals surface area contributed by atoms with Crippen molar-refractivity contribution in [2.45, 2.75) is 0 Å². The number of nitrogens with one attached hydrogen (secondary N) is 1. The third-order valence-electron chi connectivity index (χ3n) is 3.09. The van der Waals surface area contributed by atoms with Crippen molar-refractivity contribution in [1.29, 1.82) is 0 Å². The van der Waals surface area contributed by atoms with Crippen molar-refractivity contribution in [2.75, 3.05) is 31.1 Å². The average Bonchev–Trinajstić information content (AvgIpc) is 2.93. The van der Waals surface area contributed by atoms with E-state index in [0.717, 1.165) is 42.6 Å². The predicted octanol–water partition coefficient (Wildman–Crippen LogP) is 3.01. The first-order valence-electron chi connectivity index (χ1n) is 6.10. The summed E-state index contributed by atoms with van der Waals surface area (Å²) in [5.74, 6) is -0.400. The van der Waals surface area contributed by atoms with Gasteiger partial charge in [-0.05, 0) is 18.2 Å². The SMILES string of the molecule is Fc1ccc(-c2csc(N3CCNCC3)n2)cc1Cl. The molecule has 0 unspecified atom stereocenters. The van der Waals surface area contributed by atoms with Crippen LogP contribution in [0.4, 0.5) is 9.52 Å². The van der Waals surface area contributed by atoms with E-state index in [1.807, 2.05) is 5.38 Å². The number of hydrogen-bond donors (Lipinski definition) is 1. The van der Waals surface area contributed by atoms with Crippen LogP contribution in [0.5, 0.6) is 0 Å². The van der Waals surface area contributed by atoms with Crippen LogP contribution in [0.15, 0.2) is 23.6 Å². The van der Waals surface area contributed by atoms with E-state index in [2.05, 4.69) is 15.2 Å². The summed E-state index contributed by atoms with van der Waals surface area (Å²) in [5.41, 5.74) is 1.70. The van der Waals surface area contributed by atoms with Crippen molar-refractivity contribution in [3.05, 3.63) is 34.4 Å². The summed E-state index contributed by atoms with van der Waals surface area (Å²) in [6, 6.07) is 4.70. The summed E-state index contributed by atoms with van der Waals surface area (Å²) < 4.78 is 13.1. The van der Waals surface area contributed by atoms with E-state index in [9.17, 15) is 4.39 Å². The zero-order chi connectivity index (χ0) is 13.2. The van der Waals surface area contributed by atoms with Crippen molar-refractivity contribution in [3.8, 4) is 11.3 Å². The fraction of sp³-hybridized carbons (Fsp3) is 0.308. The number of thiazole rings is 1. The van der Waals surface area contributed by atoms with Crippen LogP contribution in [0.1, 0.15) is 0 Å². The molecule has 0 spiro atoms. The molecule has 1 saturated heterocycles. The molecule has 1 aromatic carbocycles. The molecule has 0 radical (unpaired) electrons. The summed E-state index contributed by atoms with van der Waals surface area (Å²) in [7, 11) is 0. The van der Waals surface area contributed by atoms with Crippen LogP contribution in [-0.2, 0) is 0 Å². The van der Waals surface area contributed by atoms with Crippen LogP contribution in [-0.4, -0.2) is 31.2 Å². The molecular formula is C13H13ClFN3S. The maximum Gasteiger partial charge on any atom is 0.185 e. The highest BCUT2D eigenvalue weighted by atomic mass is 35.5. The van der Waals surface area contributed by atoms with Crippen molar-refractivity contribution < 1.29 is 4.39 Å². The summed E-state index contributed by atoms with van der Waals surface area (Å²) >= 11 is 7.41. The third kappa shape index (κ3) is 2.73. The van der Waals surface area contributed by atoms with Gasteiger partial charge in [-0.3, -0.25) is 0 Å². The number of aromatic nitrogens is 1. The molecular weight excluding hydrogens is 285 g/mol. The van der Waals surface area contributed by atoms with Crippen molar-refractivity contribution in [3.63, 3.8) is 0 Å². The summed E-state index contributed by atoms with van der Waals surface area (Å²) in [4.78, 5) is 6.87. The topological polar surface area (TPSA) is 28.2 Å². The van der Waals surface area contributed by atoms with Crippen LogP contribution in [0, 0.1) is 5.82 Å². The molecule has 2 aromatic rings. The standard InChI is InChI=1S/C13H13ClFN3S/c14-10-7-9(1-2-11(10)15)12-8-19-13(17-12)18-5-3-16-4-6-18/h1-2,7-8,16H,3-6H2. The highest BCUT2D eigenvalue weighted by Gasteiger charge is 2.15. The Morgan fingerprint density at radius 1 is 1.32 bits per heavy atom. The molecule has 0 amide bonds. The molecule has 1 fully saturated rings. The lowest BCUT2D eigenvalue weighted by Gasteiger charge is -2.26. The second-order valence-electron chi connectivity index (χ2n) is 4.38. The number of benzene rings is 1. The molecule has 0 aliphatic carbocycles. The molecule has 1 aromatic heterocycles. The zero-order valence-electron chi connectivity index (χ0n) is 10.2. The number of hydrogen-bond acceptors (Lipinski definition) is 4. The fourth-order valence-electron chi connectivity index (χ4n) is 2.05. The molecule has 6 heteroatoms. The largest absolute Gasteiger partial charge is 0.346 e. The molecule has 3 nitrogen and oxygen atoms in total. The average molecular weight is 298 g/mol. The first kappa shape index (κ1) is 12.8. The lowest BCUT2D eigenvalue weighted by atomic mass is 10.2. The van der Waals surface area contributed by atoms with Gasteiger partial charge in [0.25, 0.3) is 0 Å². The molecule has 3 rings (SSSR count). The van der Waals surface area contributed by atoms with Gasteiger partial charge in [-0.25, -0.2) is 9.37 Å². The van der Waals surface area contributed by atoms with Gasteiger partial charge >= 0.3 is 0 Å². The van der Waals surface area contributed by atoms with Gasteiger partial charge < -0.3 is 10.2 Å². The van der Waals surface area contributed by atoms with E-state index in [-0.39, 0.29) is 5.02 Å². The monoisotopic (exact) mass is 297 g/mol. The van der Waals surface area contributed by atoms with E-state index in [1.54, 1.807) is 23.5 Å². The highest BCUT2D eigenvalue weighted by Crippen LogP contribution is 2.29. The molecule has 1 aliphatic rings. The first-order chi connectivity index (χ1) is 9.24. The smallest absolute Gasteiger partial charge is 0.185 e. The van der Waals surface area contributed by atoms with Crippen molar-refractivity contribution in [1.82, 2.24) is 10.3 Å². The summed E-state index contributed by atoms with van der Waals surface area (Å²) in [5, 5.41) is 6.44. The second kappa shape index (κ2) is 5.45. The Kier molecular flexibility index (Phi) is 3.68. The quantitative estimate of drug-likeness (QED) is 0.923. The van der Waals surface area contributed by atoms with E-state index in [4.69, 9.17) is 11.6 Å². The fourth-order valence-corrected chi connectivity index (χ4v) is 3.12. The molecule has 0 saturated carbocycles. The normalized spacial score (nSPS) is 15.8. The molecule has 19 heavy (non-hydrogen) atoms. The molecule has 2 heterocycles. The second-order valence-corrected chi connectivity index (χ2v) is 5.63. The number of piperazine rings is 1. The summed E-state index contributed by atoms with van der Waals surface area (Å²) in [6.07, 6.45) is 0. The van der Waals surface area contributed by atoms with Crippen LogP contribution in [0.3, 0.4) is 0 Å². The maximum atomic E-state index is 13.1. The molecule has 100 valence electrons. The highest BCUT2D eigenvalue weighted by molar-refractivity contribution is 7.14. The third-order valence-corrected chi connectivity index (χ3v) is 4.29. The molecule has 1 N–H and O–H groups in total. The number of halogens is 2. The van der Waals surface area contributed by atoms with Crippen molar-refractivity contribution >= 4 is 28.1 Å². The lowest BCUT2D eigenvalue weighted by molar-refractivity contribution is 0.588.